The number of imidazole rings is 2. The fourth-order valence-corrected chi connectivity index (χ4v) is 4.92. The van der Waals surface area contributed by atoms with Crippen molar-refractivity contribution >= 4 is 57.4 Å². The van der Waals surface area contributed by atoms with Gasteiger partial charge in [-0.25, -0.2) is 9.97 Å². The van der Waals surface area contributed by atoms with Gasteiger partial charge in [-0.3, -0.25) is 9.13 Å². The molecule has 7 rings (SSSR count). The van der Waals surface area contributed by atoms with E-state index in [1.165, 1.54) is 0 Å². The fraction of sp³-hybridized carbons (Fsp3) is 0.600. The number of halogens is 2. The van der Waals surface area contributed by atoms with Crippen molar-refractivity contribution in [3.05, 3.63) is 23.0 Å². The van der Waals surface area contributed by atoms with Crippen LogP contribution in [0.3, 0.4) is 0 Å². The van der Waals surface area contributed by atoms with Crippen molar-refractivity contribution < 1.29 is 77.6 Å². The predicted molar refractivity (Wildman–Crippen MR) is 157 cm³/mol. The van der Waals surface area contributed by atoms with Crippen molar-refractivity contribution in [3.8, 4) is 0 Å². The zero-order valence-electron chi connectivity index (χ0n) is 24.8. The van der Waals surface area contributed by atoms with E-state index in [-0.39, 0.29) is 97.6 Å². The fourth-order valence-electron chi connectivity index (χ4n) is 4.48. The van der Waals surface area contributed by atoms with Gasteiger partial charge in [-0.15, -0.1) is 0 Å². The summed E-state index contributed by atoms with van der Waals surface area (Å²) < 4.78 is 35.6. The Labute approximate surface area is 303 Å². The molecular formula is C25H34AcCl2N10O7. The summed E-state index contributed by atoms with van der Waals surface area (Å²) in [5.74, 6) is 0.223. The molecule has 17 nitrogen and oxygen atoms in total. The molecule has 4 aromatic rings. The van der Waals surface area contributed by atoms with Crippen LogP contribution < -0.4 is 11.5 Å². The van der Waals surface area contributed by atoms with Crippen molar-refractivity contribution in [2.75, 3.05) is 31.3 Å². The Hall–Kier alpha value is -1.56. The number of fused-ring (bicyclic) bond motifs is 2. The maximum atomic E-state index is 8.68. The number of aliphatic hydroxyl groups is 1. The van der Waals surface area contributed by atoms with E-state index < -0.39 is 6.29 Å². The molecule has 7 heterocycles. The van der Waals surface area contributed by atoms with Crippen LogP contribution in [-0.2, 0) is 28.4 Å². The van der Waals surface area contributed by atoms with Crippen molar-refractivity contribution in [1.29, 1.82) is 0 Å². The average molecular weight is 885 g/mol. The molecule has 0 spiro atoms. The van der Waals surface area contributed by atoms with Gasteiger partial charge in [0.15, 0.2) is 59.2 Å². The molecule has 20 heteroatoms. The summed E-state index contributed by atoms with van der Waals surface area (Å²) in [7, 11) is 0. The number of nitrogens with zero attached hydrogens (tertiary/aromatic N) is 8. The van der Waals surface area contributed by atoms with Crippen molar-refractivity contribution in [1.82, 2.24) is 39.0 Å². The second kappa shape index (κ2) is 16.5. The van der Waals surface area contributed by atoms with Crippen LogP contribution in [0.1, 0.15) is 52.5 Å². The smallest absolute Gasteiger partial charge is 0.223 e. The number of aromatic nitrogens is 8. The van der Waals surface area contributed by atoms with Crippen LogP contribution in [0, 0.1) is 44.1 Å². The first kappa shape index (κ1) is 36.3. The summed E-state index contributed by atoms with van der Waals surface area (Å²) in [6.07, 6.45) is 3.83. The third-order valence-corrected chi connectivity index (χ3v) is 7.14. The Kier molecular flexibility index (Phi) is 13.3. The zero-order chi connectivity index (χ0) is 31.4. The number of rotatable bonds is 5. The maximum Gasteiger partial charge on any atom is 0.223 e. The monoisotopic (exact) mass is 883 g/mol. The van der Waals surface area contributed by atoms with Crippen LogP contribution in [0.15, 0.2) is 12.7 Å². The minimum Gasteiger partial charge on any atom is -0.368 e. The summed E-state index contributed by atoms with van der Waals surface area (Å²) in [5.41, 5.74) is 13.3. The molecule has 3 fully saturated rings. The minimum atomic E-state index is -0.694. The molecule has 0 bridgehead atoms. The van der Waals surface area contributed by atoms with E-state index in [2.05, 4.69) is 29.9 Å². The van der Waals surface area contributed by atoms with E-state index in [1.54, 1.807) is 21.8 Å². The van der Waals surface area contributed by atoms with Crippen LogP contribution >= 0.6 is 23.2 Å². The Bertz CT molecular complexity index is 1460. The number of ether oxygens (including phenoxy) is 6. The van der Waals surface area contributed by atoms with E-state index in [9.17, 15) is 0 Å². The van der Waals surface area contributed by atoms with Gasteiger partial charge in [-0.05, 0) is 19.3 Å². The minimum absolute atomic E-state index is 0. The summed E-state index contributed by atoms with van der Waals surface area (Å²) in [4.78, 5) is 24.3. The van der Waals surface area contributed by atoms with Gasteiger partial charge in [0, 0.05) is 44.1 Å². The van der Waals surface area contributed by atoms with E-state index in [0.29, 0.717) is 42.1 Å². The Balaban J connectivity index is 0.000000163. The quantitative estimate of drug-likeness (QED) is 0.246. The van der Waals surface area contributed by atoms with Gasteiger partial charge in [-0.1, -0.05) is 44.0 Å². The van der Waals surface area contributed by atoms with Gasteiger partial charge in [0.25, 0.3) is 0 Å². The van der Waals surface area contributed by atoms with Gasteiger partial charge in [0.1, 0.15) is 17.6 Å². The summed E-state index contributed by atoms with van der Waals surface area (Å²) in [5, 5.41) is 9.16. The first-order chi connectivity index (χ1) is 21.2. The molecule has 0 aromatic carbocycles. The predicted octanol–water partition coefficient (Wildman–Crippen LogP) is 2.77. The summed E-state index contributed by atoms with van der Waals surface area (Å²) in [6.45, 7) is 7.16. The average Bonchev–Trinajstić information content (AvgIpc) is 3.83. The van der Waals surface area contributed by atoms with Gasteiger partial charge in [0.05, 0.1) is 25.9 Å². The molecule has 1 radical (unpaired) electrons. The number of anilines is 2. The molecule has 0 aliphatic carbocycles. The van der Waals surface area contributed by atoms with Gasteiger partial charge >= 0.3 is 0 Å². The van der Waals surface area contributed by atoms with E-state index in [1.807, 2.05) is 20.8 Å². The molecule has 0 saturated carbocycles. The third-order valence-electron chi connectivity index (χ3n) is 6.61. The van der Waals surface area contributed by atoms with Crippen LogP contribution in [0.5, 0.6) is 0 Å². The molecule has 243 valence electrons. The van der Waals surface area contributed by atoms with Crippen molar-refractivity contribution in [2.45, 2.75) is 77.6 Å². The van der Waals surface area contributed by atoms with Crippen molar-refractivity contribution in [3.63, 3.8) is 0 Å². The molecule has 3 saturated heterocycles. The zero-order valence-corrected chi connectivity index (χ0v) is 31.1. The first-order valence-corrected chi connectivity index (χ1v) is 14.8. The SMILES string of the molecule is CC[C@@H]1OCC(O)O1.CC[C@@H]1OC[C@@H](n2cnc3c(Cl)nc(N)nc32)O1.CC[C@@H]1OC[C@H](n2cnc3c(Cl)nc(N)nc32)O1.[Ac]. The number of nitrogen functional groups attached to an aromatic ring is 2. The molecule has 6 atom stereocenters. The molecule has 1 unspecified atom stereocenters. The maximum absolute atomic E-state index is 8.68. The summed E-state index contributed by atoms with van der Waals surface area (Å²) in [6, 6.07) is 0. The molecule has 45 heavy (non-hydrogen) atoms. The van der Waals surface area contributed by atoms with E-state index >= 15 is 0 Å². The first-order valence-electron chi connectivity index (χ1n) is 14.0. The van der Waals surface area contributed by atoms with Gasteiger partial charge in [-0.2, -0.15) is 19.9 Å². The van der Waals surface area contributed by atoms with Crippen molar-refractivity contribution in [2.24, 2.45) is 0 Å². The molecule has 3 aliphatic rings. The van der Waals surface area contributed by atoms with Crippen LogP contribution in [0.4, 0.5) is 11.9 Å². The number of aliphatic hydroxyl groups excluding tert-OH is 1. The van der Waals surface area contributed by atoms with E-state index in [4.69, 9.17) is 68.2 Å². The Morgan fingerprint density at radius 1 is 0.711 bits per heavy atom. The third kappa shape index (κ3) is 8.68. The largest absolute Gasteiger partial charge is 0.368 e. The number of nitrogens with two attached hydrogens (primary N) is 2. The molecule has 0 amide bonds. The van der Waals surface area contributed by atoms with Gasteiger partial charge in [0.2, 0.25) is 11.9 Å². The van der Waals surface area contributed by atoms with Crippen LogP contribution in [0.25, 0.3) is 22.3 Å². The van der Waals surface area contributed by atoms with Gasteiger partial charge < -0.3 is 45.0 Å². The van der Waals surface area contributed by atoms with Crippen LogP contribution in [-0.4, -0.2) is 89.1 Å². The van der Waals surface area contributed by atoms with Crippen LogP contribution in [0.2, 0.25) is 10.3 Å². The summed E-state index contributed by atoms with van der Waals surface area (Å²) >= 11 is 11.9. The Morgan fingerprint density at radius 2 is 1.11 bits per heavy atom. The van der Waals surface area contributed by atoms with E-state index in [0.717, 1.165) is 19.3 Å². The normalized spacial score (nSPS) is 25.9. The second-order valence-electron chi connectivity index (χ2n) is 9.68. The topological polar surface area (TPSA) is 215 Å². The Morgan fingerprint density at radius 3 is 1.44 bits per heavy atom. The number of hydrogen-bond donors (Lipinski definition) is 3. The number of hydrogen-bond acceptors (Lipinski definition) is 15. The molecular weight excluding hydrogens is 850 g/mol. The molecule has 5 N–H and O–H groups in total. The molecule has 4 aromatic heterocycles. The second-order valence-corrected chi connectivity index (χ2v) is 10.4. The standard InChI is InChI=1S/2C10H12ClN5O2.C5H10O3.Ac/c2*1-2-6-17-3-5(18-6)16-4-13-7-8(11)14-10(12)15-9(7)16;1-2-5-7-3-4(6)8-5;/h2*4-6H,2-3H2,1H3,(H2,12,14,15);4-6H,2-3H2,1H3;/t5-,6+;5-,6-;4?,5-;/m011./s1. The molecule has 3 aliphatic heterocycles.